The van der Waals surface area contributed by atoms with Gasteiger partial charge in [0.1, 0.15) is 0 Å². The fraction of sp³-hybridized carbons (Fsp3) is 0.417. The molecule has 0 aromatic carbocycles. The molecule has 0 spiro atoms. The topological polar surface area (TPSA) is 24.7 Å². The van der Waals surface area contributed by atoms with E-state index >= 15 is 0 Å². The van der Waals surface area contributed by atoms with Crippen LogP contribution in [0.5, 0.6) is 0 Å². The average molecular weight is 448 g/mol. The molecule has 0 N–H and O–H groups in total. The summed E-state index contributed by atoms with van der Waals surface area (Å²) in [5, 5.41) is 7.60. The van der Waals surface area contributed by atoms with Crippen LogP contribution in [0.4, 0.5) is 0 Å². The predicted octanol–water partition coefficient (Wildman–Crippen LogP) is 8.28. The molecular formula is C24H42N2Y-2. The first-order valence-corrected chi connectivity index (χ1v) is 9.61. The largest absolute Gasteiger partial charge is 0.242 e. The van der Waals surface area contributed by atoms with E-state index in [1.807, 2.05) is 93.5 Å². The molecule has 0 aliphatic rings. The van der Waals surface area contributed by atoms with E-state index < -0.39 is 0 Å². The Kier molecular flexibility index (Phi) is 74.8. The summed E-state index contributed by atoms with van der Waals surface area (Å²) in [5.74, 6) is 0. The Bertz CT molecular complexity index is 395. The summed E-state index contributed by atoms with van der Waals surface area (Å²) < 4.78 is 0. The molecule has 0 saturated heterocycles. The van der Waals surface area contributed by atoms with Crippen LogP contribution in [0.15, 0.2) is 83.1 Å². The van der Waals surface area contributed by atoms with Crippen molar-refractivity contribution >= 4 is 12.4 Å². The molecule has 27 heavy (non-hydrogen) atoms. The average Bonchev–Trinajstić information content (AvgIpc) is 2.72. The van der Waals surface area contributed by atoms with Crippen molar-refractivity contribution in [2.24, 2.45) is 10.2 Å². The van der Waals surface area contributed by atoms with Crippen LogP contribution in [0.1, 0.15) is 69.2 Å². The second-order valence-electron chi connectivity index (χ2n) is 3.14. The van der Waals surface area contributed by atoms with Gasteiger partial charge >= 0.3 is 0 Å². The van der Waals surface area contributed by atoms with Crippen molar-refractivity contribution in [3.05, 3.63) is 72.9 Å². The Morgan fingerprint density at radius 1 is 0.630 bits per heavy atom. The fourth-order valence-electron chi connectivity index (χ4n) is 1.04. The van der Waals surface area contributed by atoms with E-state index in [0.717, 1.165) is 11.1 Å². The van der Waals surface area contributed by atoms with Crippen LogP contribution < -0.4 is 0 Å². The van der Waals surface area contributed by atoms with Gasteiger partial charge in [-0.15, -0.1) is 37.5 Å². The summed E-state index contributed by atoms with van der Waals surface area (Å²) >= 11 is 0. The van der Waals surface area contributed by atoms with Crippen LogP contribution in [0.25, 0.3) is 0 Å². The Morgan fingerprint density at radius 3 is 1.07 bits per heavy atom. The molecule has 3 heteroatoms. The monoisotopic (exact) mass is 447 g/mol. The SMILES string of the molecule is C=C/C=C([C-]=NN=[C-]C(/C=C\C)=C/C=C)\C=C/C.CC.CC.CC.CC.[Y]. The second kappa shape index (κ2) is 49.8. The number of rotatable bonds is 7. The summed E-state index contributed by atoms with van der Waals surface area (Å²) in [7, 11) is 0. The number of hydrogen-bond donors (Lipinski definition) is 0. The smallest absolute Gasteiger partial charge is 0 e. The van der Waals surface area contributed by atoms with E-state index in [9.17, 15) is 0 Å². The maximum absolute atomic E-state index is 3.80. The van der Waals surface area contributed by atoms with E-state index in [1.165, 1.54) is 0 Å². The molecule has 0 aliphatic heterocycles. The first kappa shape index (κ1) is 40.5. The molecule has 1 radical (unpaired) electrons. The van der Waals surface area contributed by atoms with Gasteiger partial charge in [-0.2, -0.15) is 35.5 Å². The summed E-state index contributed by atoms with van der Waals surface area (Å²) in [5.41, 5.74) is 1.61. The van der Waals surface area contributed by atoms with E-state index in [-0.39, 0.29) is 32.7 Å². The van der Waals surface area contributed by atoms with Crippen molar-refractivity contribution in [3.63, 3.8) is 0 Å². The standard InChI is InChI=1S/C16H18N2.4C2H6.Y/c1-5-9-15(10-6-2)13-17-18-14-16(11-7-3)12-8-4;4*1-2;/h5-12H,1,3H2,2,4H3;4*1-2H3;/q-2;;;;;/b10-6-,12-8-,15-9+,16-11+;;;;;. The van der Waals surface area contributed by atoms with E-state index in [1.54, 1.807) is 24.3 Å². The first-order valence-electron chi connectivity index (χ1n) is 9.61. The zero-order chi connectivity index (χ0) is 21.6. The maximum atomic E-state index is 3.80. The van der Waals surface area contributed by atoms with Crippen molar-refractivity contribution in [3.8, 4) is 0 Å². The van der Waals surface area contributed by atoms with E-state index in [2.05, 4.69) is 35.8 Å². The fourth-order valence-corrected chi connectivity index (χ4v) is 1.04. The number of allylic oxidation sites excluding steroid dienone is 10. The molecule has 0 aliphatic carbocycles. The summed E-state index contributed by atoms with van der Waals surface area (Å²) in [4.78, 5) is 0. The number of hydrogen-bond acceptors (Lipinski definition) is 2. The molecular weight excluding hydrogens is 405 g/mol. The third kappa shape index (κ3) is 40.7. The van der Waals surface area contributed by atoms with Crippen LogP contribution in [0.2, 0.25) is 0 Å². The Hall–Kier alpha value is -1.12. The van der Waals surface area contributed by atoms with Gasteiger partial charge in [-0.1, -0.05) is 69.2 Å². The third-order valence-electron chi connectivity index (χ3n) is 1.70. The Balaban J connectivity index is -0.000000108. The Labute approximate surface area is 196 Å². The molecule has 0 bridgehead atoms. The minimum Gasteiger partial charge on any atom is -0.242 e. The second-order valence-corrected chi connectivity index (χ2v) is 3.14. The summed E-state index contributed by atoms with van der Waals surface area (Å²) in [6.45, 7) is 27.1. The van der Waals surface area contributed by atoms with Crippen LogP contribution in [-0.2, 0) is 32.7 Å². The molecule has 0 amide bonds. The first-order chi connectivity index (χ1) is 12.8. The molecule has 2 nitrogen and oxygen atoms in total. The van der Waals surface area contributed by atoms with E-state index in [0.29, 0.717) is 0 Å². The van der Waals surface area contributed by atoms with Crippen LogP contribution in [0.3, 0.4) is 0 Å². The van der Waals surface area contributed by atoms with Crippen LogP contribution in [0, 0.1) is 0 Å². The zero-order valence-electron chi connectivity index (χ0n) is 19.5. The van der Waals surface area contributed by atoms with Gasteiger partial charge in [0.05, 0.1) is 0 Å². The van der Waals surface area contributed by atoms with Crippen LogP contribution >= 0.6 is 0 Å². The quantitative estimate of drug-likeness (QED) is 0.162. The minimum atomic E-state index is 0. The van der Waals surface area contributed by atoms with Gasteiger partial charge in [-0.05, 0) is 12.4 Å². The van der Waals surface area contributed by atoms with Gasteiger partial charge < -0.3 is 0 Å². The van der Waals surface area contributed by atoms with Crippen molar-refractivity contribution in [2.75, 3.05) is 0 Å². The van der Waals surface area contributed by atoms with Crippen LogP contribution in [-0.4, -0.2) is 12.4 Å². The summed E-state index contributed by atoms with van der Waals surface area (Å²) in [6, 6.07) is 0. The summed E-state index contributed by atoms with van der Waals surface area (Å²) in [6.07, 6.45) is 20.0. The number of nitrogens with zero attached hydrogens (tertiary/aromatic N) is 2. The third-order valence-corrected chi connectivity index (χ3v) is 1.70. The van der Waals surface area contributed by atoms with Gasteiger partial charge in [-0.25, -0.2) is 10.2 Å². The maximum Gasteiger partial charge on any atom is 0 e. The normalized spacial score (nSPS) is 10.4. The van der Waals surface area contributed by atoms with Gasteiger partial charge in [0.2, 0.25) is 0 Å². The molecule has 153 valence electrons. The van der Waals surface area contributed by atoms with Crippen molar-refractivity contribution in [1.29, 1.82) is 0 Å². The molecule has 0 unspecified atom stereocenters. The van der Waals surface area contributed by atoms with Gasteiger partial charge in [0.15, 0.2) is 0 Å². The van der Waals surface area contributed by atoms with Gasteiger partial charge in [0, 0.05) is 32.7 Å². The van der Waals surface area contributed by atoms with Crippen molar-refractivity contribution < 1.29 is 32.7 Å². The molecule has 0 fully saturated rings. The van der Waals surface area contributed by atoms with Gasteiger partial charge in [-0.3, -0.25) is 0 Å². The molecule has 0 aromatic rings. The molecule has 0 saturated carbocycles. The van der Waals surface area contributed by atoms with E-state index in [4.69, 9.17) is 0 Å². The zero-order valence-corrected chi connectivity index (χ0v) is 22.3. The van der Waals surface area contributed by atoms with Crippen molar-refractivity contribution in [1.82, 2.24) is 0 Å². The van der Waals surface area contributed by atoms with Gasteiger partial charge in [0.25, 0.3) is 0 Å². The minimum absolute atomic E-state index is 0. The molecule has 0 atom stereocenters. The Morgan fingerprint density at radius 2 is 0.889 bits per heavy atom. The molecule has 0 aromatic heterocycles. The molecule has 0 rings (SSSR count). The predicted molar refractivity (Wildman–Crippen MR) is 126 cm³/mol. The molecule has 0 heterocycles. The van der Waals surface area contributed by atoms with Crippen molar-refractivity contribution in [2.45, 2.75) is 69.2 Å².